The third-order valence-electron chi connectivity index (χ3n) is 11.8. The number of cyclic esters (lactones) is 1. The summed E-state index contributed by atoms with van der Waals surface area (Å²) in [4.78, 5) is 24.3. The van der Waals surface area contributed by atoms with Crippen molar-refractivity contribution in [3.63, 3.8) is 0 Å². The van der Waals surface area contributed by atoms with E-state index in [4.69, 9.17) is 9.47 Å². The van der Waals surface area contributed by atoms with E-state index in [0.717, 1.165) is 44.1 Å². The van der Waals surface area contributed by atoms with Gasteiger partial charge in [0.1, 0.15) is 12.7 Å². The summed E-state index contributed by atoms with van der Waals surface area (Å²) in [6.45, 7) is 10.5. The van der Waals surface area contributed by atoms with Gasteiger partial charge in [-0.15, -0.1) is 0 Å². The molecular formula is C37H52O6. The molecule has 4 aliphatic rings. The standard InChI is InChI=1S/C37H52O6/c1-25(10-9-13-27-11-7-6-8-12-27)14-15-29-17-20-35(5)23-30(43-26(2)38)33-34(3,4)19-18-31(39)37(29,33)36(35,41)21-16-28-22-32(40)42-24-28/h6-8,11-12,17,20,22,25,29-31,33,39,41H,9-10,13-16,18-19,21,23-24H2,1-5H3/t25-,29-,30-,31+,33+,35+,36-,37+/m1/s1. The molecule has 43 heavy (non-hydrogen) atoms. The highest BCUT2D eigenvalue weighted by Crippen LogP contribution is 2.73. The highest BCUT2D eigenvalue weighted by molar-refractivity contribution is 5.85. The zero-order chi connectivity index (χ0) is 31.0. The van der Waals surface area contributed by atoms with E-state index < -0.39 is 28.6 Å². The molecule has 3 aliphatic carbocycles. The minimum Gasteiger partial charge on any atom is -0.462 e. The first-order chi connectivity index (χ1) is 20.3. The number of aryl methyl sites for hydroxylation is 1. The lowest BCUT2D eigenvalue weighted by molar-refractivity contribution is -0.324. The fourth-order valence-electron chi connectivity index (χ4n) is 9.75. The van der Waals surface area contributed by atoms with Crippen LogP contribution in [0.4, 0.5) is 0 Å². The molecule has 1 spiro atoms. The average Bonchev–Trinajstić information content (AvgIpc) is 3.36. The Morgan fingerprint density at radius 1 is 1.14 bits per heavy atom. The summed E-state index contributed by atoms with van der Waals surface area (Å²) in [7, 11) is 0. The van der Waals surface area contributed by atoms with E-state index in [1.54, 1.807) is 6.08 Å². The average molecular weight is 593 g/mol. The number of benzene rings is 1. The highest BCUT2D eigenvalue weighted by atomic mass is 16.5. The van der Waals surface area contributed by atoms with E-state index in [2.05, 4.69) is 70.2 Å². The van der Waals surface area contributed by atoms with Gasteiger partial charge >= 0.3 is 11.9 Å². The Morgan fingerprint density at radius 2 is 1.88 bits per heavy atom. The molecule has 2 N–H and O–H groups in total. The minimum atomic E-state index is -1.26. The second-order valence-electron chi connectivity index (χ2n) is 15.0. The molecule has 0 radical (unpaired) electrons. The molecule has 1 aromatic carbocycles. The monoisotopic (exact) mass is 592 g/mol. The van der Waals surface area contributed by atoms with E-state index in [9.17, 15) is 19.8 Å². The Bertz CT molecular complexity index is 1230. The molecule has 2 saturated carbocycles. The summed E-state index contributed by atoms with van der Waals surface area (Å²) < 4.78 is 11.3. The lowest BCUT2D eigenvalue weighted by Gasteiger charge is -2.73. The summed E-state index contributed by atoms with van der Waals surface area (Å²) in [5.41, 5.74) is -0.880. The topological polar surface area (TPSA) is 93.1 Å². The zero-order valence-electron chi connectivity index (χ0n) is 26.8. The van der Waals surface area contributed by atoms with Crippen molar-refractivity contribution in [2.75, 3.05) is 6.61 Å². The molecule has 5 rings (SSSR count). The Balaban J connectivity index is 1.48. The van der Waals surface area contributed by atoms with Crippen molar-refractivity contribution in [1.29, 1.82) is 0 Å². The first kappa shape index (κ1) is 32.0. The van der Waals surface area contributed by atoms with Crippen LogP contribution in [0.15, 0.2) is 54.1 Å². The number of hydrogen-bond donors (Lipinski definition) is 2. The van der Waals surface area contributed by atoms with Crippen LogP contribution in [0.25, 0.3) is 0 Å². The first-order valence-electron chi connectivity index (χ1n) is 16.5. The number of fused-ring (bicyclic) bond motifs is 1. The number of aliphatic hydroxyl groups is 2. The fraction of sp³-hybridized carbons (Fsp3) is 0.676. The van der Waals surface area contributed by atoms with Crippen molar-refractivity contribution in [3.05, 3.63) is 59.7 Å². The largest absolute Gasteiger partial charge is 0.462 e. The lowest BCUT2D eigenvalue weighted by atomic mass is 9.33. The number of aliphatic hydroxyl groups excluding tert-OH is 1. The van der Waals surface area contributed by atoms with Crippen LogP contribution in [0.1, 0.15) is 98.0 Å². The van der Waals surface area contributed by atoms with Gasteiger partial charge in [-0.1, -0.05) is 83.0 Å². The summed E-state index contributed by atoms with van der Waals surface area (Å²) in [5.74, 6) is -0.440. The third kappa shape index (κ3) is 5.75. The van der Waals surface area contributed by atoms with E-state index in [1.165, 1.54) is 12.5 Å². The fourth-order valence-corrected chi connectivity index (χ4v) is 9.75. The molecule has 0 aromatic heterocycles. The predicted octanol–water partition coefficient (Wildman–Crippen LogP) is 6.73. The van der Waals surface area contributed by atoms with Crippen molar-refractivity contribution in [3.8, 4) is 0 Å². The molecule has 2 bridgehead atoms. The Kier molecular flexibility index (Phi) is 9.04. The molecule has 8 atom stereocenters. The number of allylic oxidation sites excluding steroid dienone is 1. The van der Waals surface area contributed by atoms with E-state index >= 15 is 0 Å². The summed E-state index contributed by atoms with van der Waals surface area (Å²) in [6, 6.07) is 10.6. The van der Waals surface area contributed by atoms with Crippen LogP contribution < -0.4 is 0 Å². The maximum Gasteiger partial charge on any atom is 0.331 e. The van der Waals surface area contributed by atoms with Crippen molar-refractivity contribution < 1.29 is 29.3 Å². The number of ether oxygens (including phenoxy) is 2. The SMILES string of the molecule is CC(=O)O[C@@H]1C[C@]2(C)C=C[C@@H](CC[C@H](C)CCCc3ccccc3)[C@@]3([C@@H](O)CCC(C)(C)[C@H]13)[C@@]2(O)CCC1=CC(=O)OC1. The normalized spacial score (nSPS) is 36.8. The highest BCUT2D eigenvalue weighted by Gasteiger charge is 2.76. The Labute approximate surface area is 257 Å². The van der Waals surface area contributed by atoms with Crippen LogP contribution in [-0.4, -0.2) is 46.6 Å². The number of carbonyl (C=O) groups is 2. The zero-order valence-corrected chi connectivity index (χ0v) is 26.8. The minimum absolute atomic E-state index is 0.0736. The molecule has 6 heteroatoms. The number of rotatable bonds is 11. The first-order valence-corrected chi connectivity index (χ1v) is 16.5. The van der Waals surface area contributed by atoms with Gasteiger partial charge in [0.05, 0.1) is 11.7 Å². The molecule has 1 aliphatic heterocycles. The van der Waals surface area contributed by atoms with E-state index in [1.807, 2.05) is 0 Å². The van der Waals surface area contributed by atoms with Gasteiger partial charge in [-0.2, -0.15) is 0 Å². The summed E-state index contributed by atoms with van der Waals surface area (Å²) in [6.07, 6.45) is 12.8. The molecule has 1 heterocycles. The van der Waals surface area contributed by atoms with Crippen LogP contribution in [-0.2, 0) is 25.5 Å². The smallest absolute Gasteiger partial charge is 0.331 e. The maximum absolute atomic E-state index is 13.3. The van der Waals surface area contributed by atoms with Crippen LogP contribution in [0, 0.1) is 34.0 Å². The molecule has 6 nitrogen and oxygen atoms in total. The molecular weight excluding hydrogens is 540 g/mol. The molecule has 2 fully saturated rings. The van der Waals surface area contributed by atoms with Gasteiger partial charge in [-0.3, -0.25) is 4.79 Å². The quantitative estimate of drug-likeness (QED) is 0.219. The number of hydrogen-bond acceptors (Lipinski definition) is 6. The van der Waals surface area contributed by atoms with Gasteiger partial charge < -0.3 is 19.7 Å². The molecule has 0 unspecified atom stereocenters. The van der Waals surface area contributed by atoms with Crippen molar-refractivity contribution >= 4 is 11.9 Å². The number of esters is 2. The van der Waals surface area contributed by atoms with Gasteiger partial charge in [0, 0.05) is 29.7 Å². The van der Waals surface area contributed by atoms with Gasteiger partial charge in [-0.05, 0) is 79.8 Å². The van der Waals surface area contributed by atoms with Crippen LogP contribution >= 0.6 is 0 Å². The second-order valence-corrected chi connectivity index (χ2v) is 15.0. The summed E-state index contributed by atoms with van der Waals surface area (Å²) in [5, 5.41) is 25.5. The summed E-state index contributed by atoms with van der Waals surface area (Å²) >= 11 is 0. The van der Waals surface area contributed by atoms with Crippen molar-refractivity contribution in [2.24, 2.45) is 34.0 Å². The van der Waals surface area contributed by atoms with Gasteiger partial charge in [0.25, 0.3) is 0 Å². The maximum atomic E-state index is 13.3. The van der Waals surface area contributed by atoms with Crippen molar-refractivity contribution in [1.82, 2.24) is 0 Å². The Morgan fingerprint density at radius 3 is 2.56 bits per heavy atom. The van der Waals surface area contributed by atoms with Crippen LogP contribution in [0.3, 0.4) is 0 Å². The van der Waals surface area contributed by atoms with Gasteiger partial charge in [0.15, 0.2) is 0 Å². The van der Waals surface area contributed by atoms with Gasteiger partial charge in [0.2, 0.25) is 0 Å². The van der Waals surface area contributed by atoms with Crippen LogP contribution in [0.5, 0.6) is 0 Å². The third-order valence-corrected chi connectivity index (χ3v) is 11.8. The Hall–Kier alpha value is -2.44. The predicted molar refractivity (Wildman–Crippen MR) is 167 cm³/mol. The molecule has 0 amide bonds. The molecule has 236 valence electrons. The second kappa shape index (κ2) is 12.2. The van der Waals surface area contributed by atoms with E-state index in [-0.39, 0.29) is 35.8 Å². The van der Waals surface area contributed by atoms with Gasteiger partial charge in [-0.25, -0.2) is 4.79 Å². The van der Waals surface area contributed by atoms with E-state index in [0.29, 0.717) is 31.6 Å². The number of carbonyl (C=O) groups excluding carboxylic acids is 2. The lowest BCUT2D eigenvalue weighted by Crippen LogP contribution is -2.78. The van der Waals surface area contributed by atoms with Crippen molar-refractivity contribution in [2.45, 2.75) is 117 Å². The molecule has 0 saturated heterocycles. The molecule has 1 aromatic rings. The van der Waals surface area contributed by atoms with Crippen LogP contribution in [0.2, 0.25) is 0 Å².